The van der Waals surface area contributed by atoms with E-state index in [4.69, 9.17) is 4.74 Å². The lowest BCUT2D eigenvalue weighted by molar-refractivity contribution is 0.0570. The first-order chi connectivity index (χ1) is 9.53. The van der Waals surface area contributed by atoms with Gasteiger partial charge >= 0.3 is 0 Å². The van der Waals surface area contributed by atoms with E-state index < -0.39 is 10.0 Å². The van der Waals surface area contributed by atoms with Crippen molar-refractivity contribution in [2.24, 2.45) is 5.92 Å². The van der Waals surface area contributed by atoms with Gasteiger partial charge in [-0.2, -0.15) is 0 Å². The van der Waals surface area contributed by atoms with Gasteiger partial charge in [0.15, 0.2) is 0 Å². The van der Waals surface area contributed by atoms with Gasteiger partial charge in [0.05, 0.1) is 11.9 Å². The van der Waals surface area contributed by atoms with Gasteiger partial charge in [-0.1, -0.05) is 36.8 Å². The first-order valence-electron chi connectivity index (χ1n) is 7.14. The molecular formula is C15H23NO3S. The molecule has 0 spiro atoms. The Bertz CT molecular complexity index is 525. The molecule has 0 unspecified atom stereocenters. The van der Waals surface area contributed by atoms with E-state index in [1.165, 1.54) is 11.1 Å². The van der Waals surface area contributed by atoms with Crippen molar-refractivity contribution in [2.75, 3.05) is 19.8 Å². The SMILES string of the molecule is CCNS(=O)(=O)[C@H]1CCOC[C@H]1Cc1ccc(C)cc1. The maximum Gasteiger partial charge on any atom is 0.214 e. The smallest absolute Gasteiger partial charge is 0.214 e. The second-order valence-corrected chi connectivity index (χ2v) is 7.38. The largest absolute Gasteiger partial charge is 0.381 e. The van der Waals surface area contributed by atoms with Crippen molar-refractivity contribution in [3.63, 3.8) is 0 Å². The Morgan fingerprint density at radius 1 is 1.30 bits per heavy atom. The fourth-order valence-corrected chi connectivity index (χ4v) is 4.42. The summed E-state index contributed by atoms with van der Waals surface area (Å²) in [5.41, 5.74) is 2.38. The Hall–Kier alpha value is -0.910. The Morgan fingerprint density at radius 3 is 2.65 bits per heavy atom. The normalized spacial score (nSPS) is 23.7. The van der Waals surface area contributed by atoms with Gasteiger partial charge in [0.1, 0.15) is 0 Å². The van der Waals surface area contributed by atoms with Gasteiger partial charge in [0, 0.05) is 19.1 Å². The van der Waals surface area contributed by atoms with E-state index >= 15 is 0 Å². The molecule has 5 heteroatoms. The van der Waals surface area contributed by atoms with E-state index in [0.717, 1.165) is 6.42 Å². The van der Waals surface area contributed by atoms with Gasteiger partial charge in [-0.15, -0.1) is 0 Å². The van der Waals surface area contributed by atoms with E-state index in [2.05, 4.69) is 29.0 Å². The highest BCUT2D eigenvalue weighted by atomic mass is 32.2. The van der Waals surface area contributed by atoms with Crippen LogP contribution in [0.15, 0.2) is 24.3 Å². The molecule has 0 aromatic heterocycles. The minimum Gasteiger partial charge on any atom is -0.381 e. The fraction of sp³-hybridized carbons (Fsp3) is 0.600. The van der Waals surface area contributed by atoms with Crippen LogP contribution in [0, 0.1) is 12.8 Å². The molecule has 1 fully saturated rings. The molecule has 0 aliphatic carbocycles. The molecule has 2 atom stereocenters. The van der Waals surface area contributed by atoms with Crippen LogP contribution in [-0.4, -0.2) is 33.4 Å². The molecule has 112 valence electrons. The third-order valence-corrected chi connectivity index (χ3v) is 5.88. The van der Waals surface area contributed by atoms with E-state index in [1.807, 2.05) is 13.8 Å². The maximum absolute atomic E-state index is 12.3. The maximum atomic E-state index is 12.3. The van der Waals surface area contributed by atoms with Gasteiger partial charge in [-0.05, 0) is 25.3 Å². The molecule has 0 amide bonds. The molecule has 0 saturated carbocycles. The van der Waals surface area contributed by atoms with Gasteiger partial charge in [-0.25, -0.2) is 13.1 Å². The Morgan fingerprint density at radius 2 is 2.00 bits per heavy atom. The predicted octanol–water partition coefficient (Wildman–Crippen LogP) is 1.88. The number of benzene rings is 1. The first kappa shape index (κ1) is 15.5. The topological polar surface area (TPSA) is 55.4 Å². The van der Waals surface area contributed by atoms with Crippen LogP contribution >= 0.6 is 0 Å². The van der Waals surface area contributed by atoms with Gasteiger partial charge in [0.25, 0.3) is 0 Å². The van der Waals surface area contributed by atoms with Crippen molar-refractivity contribution < 1.29 is 13.2 Å². The summed E-state index contributed by atoms with van der Waals surface area (Å²) < 4.78 is 32.7. The summed E-state index contributed by atoms with van der Waals surface area (Å²) in [6.45, 7) is 5.34. The standard InChI is InChI=1S/C15H23NO3S/c1-3-16-20(17,18)15-8-9-19-11-14(15)10-13-6-4-12(2)5-7-13/h4-7,14-16H,3,8-11H2,1-2H3/t14-,15+/m1/s1. The lowest BCUT2D eigenvalue weighted by Crippen LogP contribution is -2.44. The average molecular weight is 297 g/mol. The quantitative estimate of drug-likeness (QED) is 0.903. The number of ether oxygens (including phenoxy) is 1. The highest BCUT2D eigenvalue weighted by Crippen LogP contribution is 2.25. The summed E-state index contributed by atoms with van der Waals surface area (Å²) in [4.78, 5) is 0. The van der Waals surface area contributed by atoms with Crippen molar-refractivity contribution in [1.82, 2.24) is 4.72 Å². The molecule has 1 N–H and O–H groups in total. The van der Waals surface area contributed by atoms with Crippen LogP contribution in [-0.2, 0) is 21.2 Å². The van der Waals surface area contributed by atoms with Crippen molar-refractivity contribution in [3.8, 4) is 0 Å². The molecule has 1 aliphatic heterocycles. The van der Waals surface area contributed by atoms with Crippen LogP contribution in [0.1, 0.15) is 24.5 Å². The van der Waals surface area contributed by atoms with Crippen molar-refractivity contribution in [3.05, 3.63) is 35.4 Å². The van der Waals surface area contributed by atoms with Crippen LogP contribution in [0.5, 0.6) is 0 Å². The summed E-state index contributed by atoms with van der Waals surface area (Å²) in [7, 11) is -3.24. The lowest BCUT2D eigenvalue weighted by atomic mass is 9.93. The van der Waals surface area contributed by atoms with E-state index in [0.29, 0.717) is 26.2 Å². The average Bonchev–Trinajstić information content (AvgIpc) is 2.42. The van der Waals surface area contributed by atoms with E-state index in [9.17, 15) is 8.42 Å². The zero-order valence-electron chi connectivity index (χ0n) is 12.1. The third kappa shape index (κ3) is 3.81. The number of aryl methyl sites for hydroxylation is 1. The summed E-state index contributed by atoms with van der Waals surface area (Å²) in [6, 6.07) is 8.27. The molecule has 1 aromatic rings. The Balaban J connectivity index is 2.13. The van der Waals surface area contributed by atoms with Crippen LogP contribution in [0.2, 0.25) is 0 Å². The van der Waals surface area contributed by atoms with E-state index in [1.54, 1.807) is 0 Å². The zero-order chi connectivity index (χ0) is 14.6. The number of sulfonamides is 1. The molecular weight excluding hydrogens is 274 g/mol. The predicted molar refractivity (Wildman–Crippen MR) is 80.2 cm³/mol. The Labute approximate surface area is 121 Å². The second-order valence-electron chi connectivity index (χ2n) is 5.39. The molecule has 0 bridgehead atoms. The highest BCUT2D eigenvalue weighted by molar-refractivity contribution is 7.90. The molecule has 1 aromatic carbocycles. The number of hydrogen-bond donors (Lipinski definition) is 1. The summed E-state index contributed by atoms with van der Waals surface area (Å²) in [5.74, 6) is 0.0236. The van der Waals surface area contributed by atoms with Crippen LogP contribution < -0.4 is 4.72 Å². The summed E-state index contributed by atoms with van der Waals surface area (Å²) >= 11 is 0. The minimum absolute atomic E-state index is 0.0236. The molecule has 4 nitrogen and oxygen atoms in total. The van der Waals surface area contributed by atoms with Crippen LogP contribution in [0.4, 0.5) is 0 Å². The summed E-state index contributed by atoms with van der Waals surface area (Å²) in [6.07, 6.45) is 1.32. The van der Waals surface area contributed by atoms with Crippen molar-refractivity contribution in [2.45, 2.75) is 31.9 Å². The molecule has 1 saturated heterocycles. The van der Waals surface area contributed by atoms with E-state index in [-0.39, 0.29) is 11.2 Å². The molecule has 1 heterocycles. The fourth-order valence-electron chi connectivity index (χ4n) is 2.71. The highest BCUT2D eigenvalue weighted by Gasteiger charge is 2.35. The molecule has 2 rings (SSSR count). The Kier molecular flexibility index (Phi) is 5.18. The monoisotopic (exact) mass is 297 g/mol. The van der Waals surface area contributed by atoms with Crippen LogP contribution in [0.3, 0.4) is 0 Å². The van der Waals surface area contributed by atoms with Crippen LogP contribution in [0.25, 0.3) is 0 Å². The zero-order valence-corrected chi connectivity index (χ0v) is 12.9. The van der Waals surface area contributed by atoms with Gasteiger partial charge < -0.3 is 4.74 Å². The molecule has 1 aliphatic rings. The number of nitrogens with one attached hydrogen (secondary N) is 1. The molecule has 20 heavy (non-hydrogen) atoms. The molecule has 0 radical (unpaired) electrons. The third-order valence-electron chi connectivity index (χ3n) is 3.77. The number of hydrogen-bond acceptors (Lipinski definition) is 3. The van der Waals surface area contributed by atoms with Crippen molar-refractivity contribution >= 4 is 10.0 Å². The second kappa shape index (κ2) is 6.70. The van der Waals surface area contributed by atoms with Gasteiger partial charge in [0.2, 0.25) is 10.0 Å². The minimum atomic E-state index is -3.24. The summed E-state index contributed by atoms with van der Waals surface area (Å²) in [5, 5.41) is -0.350. The number of rotatable bonds is 5. The van der Waals surface area contributed by atoms with Crippen molar-refractivity contribution in [1.29, 1.82) is 0 Å². The van der Waals surface area contributed by atoms with Gasteiger partial charge in [-0.3, -0.25) is 0 Å². The lowest BCUT2D eigenvalue weighted by Gasteiger charge is -2.31. The first-order valence-corrected chi connectivity index (χ1v) is 8.69.